The Morgan fingerprint density at radius 2 is 0.915 bits per heavy atom. The van der Waals surface area contributed by atoms with Gasteiger partial charge in [-0.1, -0.05) is 62.1 Å². The maximum atomic E-state index is 14.1. The molecule has 446 valence electrons. The van der Waals surface area contributed by atoms with Crippen LogP contribution in [-0.4, -0.2) is 189 Å². The number of nitrogens with one attached hydrogen (secondary N) is 10. The van der Waals surface area contributed by atoms with Crippen molar-refractivity contribution < 1.29 is 76.0 Å². The Hall–Kier alpha value is -7.90. The molecule has 0 spiro atoms. The number of oxazole rings is 2. The fourth-order valence-corrected chi connectivity index (χ4v) is 11.9. The first kappa shape index (κ1) is 63.3. The molecule has 12 unspecified atom stereocenters. The largest absolute Gasteiger partial charge is 0.446 e. The van der Waals surface area contributed by atoms with E-state index in [0.29, 0.717) is 12.8 Å². The molecule has 6 rings (SSSR count). The maximum Gasteiger partial charge on any atom is 0.290 e. The normalized spacial score (nSPS) is 28.9. The molecule has 10 N–H and O–H groups in total. The van der Waals surface area contributed by atoms with Gasteiger partial charge in [-0.05, 0) is 51.4 Å². The Balaban J connectivity index is 1.25. The van der Waals surface area contributed by atoms with Crippen molar-refractivity contribution in [3.8, 4) is 0 Å². The first-order valence-corrected chi connectivity index (χ1v) is 29.2. The predicted octanol–water partition coefficient (Wildman–Crippen LogP) is -3.03. The fourth-order valence-electron chi connectivity index (χ4n) is 9.60. The van der Waals surface area contributed by atoms with E-state index in [1.54, 1.807) is 27.7 Å². The molecule has 4 bridgehead atoms. The zero-order chi connectivity index (χ0) is 59.9. The highest BCUT2D eigenvalue weighted by atomic mass is 33.1. The standard InChI is InChI=1S/C50H68N14O16S2/c1-7-9-27-37(67)45(75)55-25(5)47-61-31(17-79-47)41(71)59-33(39(69)51-13-29(53-21-65)49(77)63-15-23(3)11-35(63)43(73)57-27)19-81-82-20-34-40(70)52-14-30(54-22-66)50(78)64-16-24(4)12-36(64)44(74)58-28(10-8-2)38(68)46(76)56-26(6)48-62-32(18-80-48)42(72)60-34/h17-18,21-30,33-36H,7-16,19-20H2,1-6H3,(H,51,69)(H,52,70)(H,53,65)(H,54,66)(H,55,75)(H,56,76)(H,57,73)(H,58,74)(H,59,71)(H,60,72). The van der Waals surface area contributed by atoms with Crippen LogP contribution in [0.25, 0.3) is 0 Å². The van der Waals surface area contributed by atoms with Crippen LogP contribution in [-0.2, 0) is 57.5 Å². The Morgan fingerprint density at radius 1 is 0.537 bits per heavy atom. The molecule has 4 aliphatic rings. The molecule has 4 aliphatic heterocycles. The van der Waals surface area contributed by atoms with Gasteiger partial charge in [0.15, 0.2) is 11.4 Å². The van der Waals surface area contributed by atoms with E-state index in [0.717, 1.165) is 34.1 Å². The lowest BCUT2D eigenvalue weighted by atomic mass is 10.0. The van der Waals surface area contributed by atoms with E-state index in [1.165, 1.54) is 23.6 Å². The molecule has 2 aromatic heterocycles. The highest BCUT2D eigenvalue weighted by molar-refractivity contribution is 8.76. The van der Waals surface area contributed by atoms with Gasteiger partial charge in [0.1, 0.15) is 60.9 Å². The van der Waals surface area contributed by atoms with Gasteiger partial charge in [-0.3, -0.25) is 67.1 Å². The van der Waals surface area contributed by atoms with Crippen molar-refractivity contribution in [1.82, 2.24) is 72.9 Å². The molecule has 0 aliphatic carbocycles. The minimum atomic E-state index is -1.48. The second-order valence-electron chi connectivity index (χ2n) is 20.4. The summed E-state index contributed by atoms with van der Waals surface area (Å²) < 4.78 is 11.0. The van der Waals surface area contributed by atoms with Crippen LogP contribution in [0.4, 0.5) is 0 Å². The Kier molecular flexibility index (Phi) is 22.5. The lowest BCUT2D eigenvalue weighted by molar-refractivity contribution is -0.143. The second kappa shape index (κ2) is 29.2. The number of carbonyl (C=O) groups excluding carboxylic acids is 14. The summed E-state index contributed by atoms with van der Waals surface area (Å²) in [6.45, 7) is 8.94. The molecule has 2 fully saturated rings. The van der Waals surface area contributed by atoms with Crippen LogP contribution in [0.15, 0.2) is 21.4 Å². The highest BCUT2D eigenvalue weighted by Crippen LogP contribution is 2.27. The quantitative estimate of drug-likeness (QED) is 0.0413. The van der Waals surface area contributed by atoms with Crippen LogP contribution in [0.1, 0.15) is 125 Å². The fraction of sp³-hybridized carbons (Fsp3) is 0.600. The van der Waals surface area contributed by atoms with E-state index in [2.05, 4.69) is 63.1 Å². The van der Waals surface area contributed by atoms with Crippen molar-refractivity contribution in [3.63, 3.8) is 0 Å². The smallest absolute Gasteiger partial charge is 0.290 e. The molecule has 6 heterocycles. The van der Waals surface area contributed by atoms with Gasteiger partial charge >= 0.3 is 0 Å². The molecule has 0 radical (unpaired) electrons. The third kappa shape index (κ3) is 16.0. The topological polar surface area (TPSA) is 418 Å². The van der Waals surface area contributed by atoms with E-state index < -0.39 is 144 Å². The number of fused-ring (bicyclic) bond motifs is 6. The van der Waals surface area contributed by atoms with Crippen LogP contribution in [0.5, 0.6) is 0 Å². The molecular formula is C50H68N14O16S2. The zero-order valence-corrected chi connectivity index (χ0v) is 47.5. The predicted molar refractivity (Wildman–Crippen MR) is 288 cm³/mol. The molecule has 30 nitrogen and oxygen atoms in total. The van der Waals surface area contributed by atoms with Crippen molar-refractivity contribution in [2.75, 3.05) is 37.7 Å². The van der Waals surface area contributed by atoms with Crippen molar-refractivity contribution in [1.29, 1.82) is 0 Å². The average Bonchev–Trinajstić information content (AvgIpc) is 4.49. The van der Waals surface area contributed by atoms with Crippen LogP contribution < -0.4 is 53.2 Å². The van der Waals surface area contributed by atoms with Gasteiger partial charge in [0.25, 0.3) is 23.6 Å². The lowest BCUT2D eigenvalue weighted by Gasteiger charge is -2.29. The molecule has 12 atom stereocenters. The van der Waals surface area contributed by atoms with Gasteiger partial charge in [0.2, 0.25) is 71.6 Å². The zero-order valence-electron chi connectivity index (χ0n) is 45.9. The SMILES string of the molecule is CCCC1NC(=O)C2CC(C)CN2C(=O)C(NC=O)CNC(=O)C(CSSCC2NC(=O)c3coc(n3)C(C)NC(=O)C(=O)C(CCC)NC(=O)C3CC(C)CN3C(=O)C(NC=O)CNC2=O)NC(=O)c2coc(n2)C(C)NC(=O)C1=O. The minimum absolute atomic E-state index is 0.0591. The Morgan fingerprint density at radius 3 is 1.27 bits per heavy atom. The summed E-state index contributed by atoms with van der Waals surface area (Å²) in [5.41, 5.74) is -0.728. The van der Waals surface area contributed by atoms with E-state index in [1.807, 2.05) is 0 Å². The summed E-state index contributed by atoms with van der Waals surface area (Å²) in [6.07, 6.45) is 3.59. The molecule has 0 saturated carbocycles. The third-order valence-corrected chi connectivity index (χ3v) is 16.3. The molecule has 32 heteroatoms. The van der Waals surface area contributed by atoms with Crippen LogP contribution in [0, 0.1) is 11.8 Å². The number of nitrogens with zero attached hydrogens (tertiary/aromatic N) is 4. The van der Waals surface area contributed by atoms with E-state index in [4.69, 9.17) is 8.83 Å². The van der Waals surface area contributed by atoms with Gasteiger partial charge in [0, 0.05) is 37.7 Å². The average molecular weight is 1190 g/mol. The van der Waals surface area contributed by atoms with Crippen molar-refractivity contribution >= 4 is 105 Å². The molecule has 2 aromatic rings. The molecular weight excluding hydrogens is 1120 g/mol. The van der Waals surface area contributed by atoms with Crippen LogP contribution in [0.3, 0.4) is 0 Å². The first-order valence-electron chi connectivity index (χ1n) is 26.7. The number of amides is 12. The van der Waals surface area contributed by atoms with Crippen molar-refractivity contribution in [2.24, 2.45) is 11.8 Å². The number of aromatic nitrogens is 2. The van der Waals surface area contributed by atoms with Gasteiger partial charge in [0.05, 0.1) is 12.1 Å². The summed E-state index contributed by atoms with van der Waals surface area (Å²) in [5.74, 6) is -12.2. The Bertz CT molecular complexity index is 2590. The molecule has 82 heavy (non-hydrogen) atoms. The van der Waals surface area contributed by atoms with E-state index in [9.17, 15) is 67.1 Å². The third-order valence-electron chi connectivity index (χ3n) is 13.9. The molecule has 12 amide bonds. The number of ketones is 2. The molecule has 0 aromatic carbocycles. The lowest BCUT2D eigenvalue weighted by Crippen LogP contribution is -2.58. The van der Waals surface area contributed by atoms with Gasteiger partial charge in [-0.15, -0.1) is 0 Å². The Labute approximate surface area is 477 Å². The monoisotopic (exact) mass is 1180 g/mol. The maximum absolute atomic E-state index is 14.1. The summed E-state index contributed by atoms with van der Waals surface area (Å²) >= 11 is 0. The number of Topliss-reactive ketones (excluding diaryl/α,β-unsaturated/α-hetero) is 2. The summed E-state index contributed by atoms with van der Waals surface area (Å²) in [6, 6.07) is -12.8. The number of hydrogen-bond acceptors (Lipinski definition) is 20. The first-order chi connectivity index (χ1) is 39.1. The van der Waals surface area contributed by atoms with E-state index >= 15 is 0 Å². The van der Waals surface area contributed by atoms with Gasteiger partial charge < -0.3 is 71.8 Å². The minimum Gasteiger partial charge on any atom is -0.446 e. The van der Waals surface area contributed by atoms with Crippen molar-refractivity contribution in [2.45, 2.75) is 140 Å². The summed E-state index contributed by atoms with van der Waals surface area (Å²) in [4.78, 5) is 200. The van der Waals surface area contributed by atoms with Crippen molar-refractivity contribution in [3.05, 3.63) is 35.7 Å². The number of rotatable bonds is 13. The van der Waals surface area contributed by atoms with Crippen LogP contribution in [0.2, 0.25) is 0 Å². The number of hydrogen-bond donors (Lipinski definition) is 10. The summed E-state index contributed by atoms with van der Waals surface area (Å²) in [5, 5.41) is 25.1. The molecule has 2 saturated heterocycles. The number of carbonyl (C=O) groups is 14. The van der Waals surface area contributed by atoms with Gasteiger partial charge in [-0.2, -0.15) is 0 Å². The van der Waals surface area contributed by atoms with Crippen LogP contribution >= 0.6 is 21.6 Å². The highest BCUT2D eigenvalue weighted by Gasteiger charge is 2.44. The van der Waals surface area contributed by atoms with Gasteiger partial charge in [-0.25, -0.2) is 9.97 Å². The summed E-state index contributed by atoms with van der Waals surface area (Å²) in [7, 11) is 1.84. The van der Waals surface area contributed by atoms with E-state index in [-0.39, 0.29) is 98.1 Å². The second-order valence-corrected chi connectivity index (χ2v) is 23.0.